The zero-order valence-corrected chi connectivity index (χ0v) is 22.2. The van der Waals surface area contributed by atoms with Gasteiger partial charge in [-0.25, -0.2) is 23.1 Å². The van der Waals surface area contributed by atoms with Crippen LogP contribution in [0.4, 0.5) is 19.0 Å². The first kappa shape index (κ1) is 30.5. The molecule has 2 aliphatic heterocycles. The summed E-state index contributed by atoms with van der Waals surface area (Å²) in [4.78, 5) is 24.0. The number of hydrogen-bond acceptors (Lipinski definition) is 7. The molecule has 2 aliphatic rings. The molecule has 8 nitrogen and oxygen atoms in total. The summed E-state index contributed by atoms with van der Waals surface area (Å²) < 4.78 is 45.2. The summed E-state index contributed by atoms with van der Waals surface area (Å²) in [6.07, 6.45) is -1.17. The van der Waals surface area contributed by atoms with Gasteiger partial charge in [-0.15, -0.1) is 0 Å². The van der Waals surface area contributed by atoms with E-state index in [1.165, 1.54) is 12.1 Å². The molecule has 0 saturated carbocycles. The number of likely N-dealkylation sites (N-methyl/N-ethyl adjacent to an activating group) is 1. The fourth-order valence-corrected chi connectivity index (χ4v) is 3.74. The number of ether oxygens (including phenoxy) is 1. The fraction of sp³-hybridized carbons (Fsp3) is 0.577. The highest BCUT2D eigenvalue weighted by molar-refractivity contribution is 5.55. The standard InChI is InChI=1S/C19H22F3N5O.C5H11NO.C2H6/c1-2-6-23-8-16-25-15-10-27(11-28)9-14(15)19(26-16)24-7-12-4-3-5-13(17(12)20)18(21)22;1-6-2-4-7-5-3-6;1-2/h3-5,11,18,23H,2,6-10H2,1H3,(H,24,25,26);2-5H2,1H3;1-2H3. The van der Waals surface area contributed by atoms with Crippen LogP contribution in [-0.4, -0.2) is 66.1 Å². The van der Waals surface area contributed by atoms with Crippen LogP contribution in [0, 0.1) is 5.82 Å². The Balaban J connectivity index is 0.000000455. The number of nitrogens with one attached hydrogen (secondary N) is 2. The number of carbonyl (C=O) groups excluding carboxylic acids is 1. The predicted octanol–water partition coefficient (Wildman–Crippen LogP) is 4.11. The van der Waals surface area contributed by atoms with Crippen LogP contribution < -0.4 is 10.6 Å². The number of nitrogens with zero attached hydrogens (tertiary/aromatic N) is 4. The number of fused-ring (bicyclic) bond motifs is 1. The molecule has 11 heteroatoms. The summed E-state index contributed by atoms with van der Waals surface area (Å²) in [5.41, 5.74) is 1.00. The van der Waals surface area contributed by atoms with Gasteiger partial charge in [-0.3, -0.25) is 4.79 Å². The maximum absolute atomic E-state index is 14.3. The quantitative estimate of drug-likeness (QED) is 0.377. The molecular formula is C26H39F3N6O2. The second-order valence-electron chi connectivity index (χ2n) is 8.49. The molecule has 1 saturated heterocycles. The highest BCUT2D eigenvalue weighted by Crippen LogP contribution is 2.28. The maximum Gasteiger partial charge on any atom is 0.266 e. The number of anilines is 1. The van der Waals surface area contributed by atoms with Gasteiger partial charge in [0, 0.05) is 30.8 Å². The number of carbonyl (C=O) groups is 1. The Morgan fingerprint density at radius 2 is 1.86 bits per heavy atom. The van der Waals surface area contributed by atoms with Crippen molar-refractivity contribution in [2.24, 2.45) is 0 Å². The van der Waals surface area contributed by atoms with Crippen molar-refractivity contribution in [1.29, 1.82) is 0 Å². The number of alkyl halides is 2. The van der Waals surface area contributed by atoms with Crippen LogP contribution in [0.1, 0.15) is 61.8 Å². The lowest BCUT2D eigenvalue weighted by atomic mass is 10.1. The summed E-state index contributed by atoms with van der Waals surface area (Å²) in [6, 6.07) is 3.93. The number of rotatable bonds is 9. The normalized spacial score (nSPS) is 14.9. The van der Waals surface area contributed by atoms with Crippen LogP contribution in [0.3, 0.4) is 0 Å². The van der Waals surface area contributed by atoms with Crippen LogP contribution in [0.25, 0.3) is 0 Å². The minimum absolute atomic E-state index is 0.00123. The van der Waals surface area contributed by atoms with Crippen LogP contribution in [0.5, 0.6) is 0 Å². The number of benzene rings is 1. The molecule has 0 aliphatic carbocycles. The monoisotopic (exact) mass is 524 g/mol. The molecular weight excluding hydrogens is 485 g/mol. The van der Waals surface area contributed by atoms with E-state index in [9.17, 15) is 18.0 Å². The van der Waals surface area contributed by atoms with Gasteiger partial charge in [0.2, 0.25) is 6.41 Å². The fourth-order valence-electron chi connectivity index (χ4n) is 3.74. The smallest absolute Gasteiger partial charge is 0.266 e. The van der Waals surface area contributed by atoms with Crippen LogP contribution in [0.15, 0.2) is 18.2 Å². The van der Waals surface area contributed by atoms with E-state index < -0.39 is 17.8 Å². The van der Waals surface area contributed by atoms with Gasteiger partial charge in [-0.05, 0) is 20.0 Å². The molecule has 1 aromatic carbocycles. The number of amides is 1. The summed E-state index contributed by atoms with van der Waals surface area (Å²) in [5.74, 6) is 0.129. The van der Waals surface area contributed by atoms with Gasteiger partial charge in [0.25, 0.3) is 6.43 Å². The van der Waals surface area contributed by atoms with Gasteiger partial charge < -0.3 is 25.2 Å². The summed E-state index contributed by atoms with van der Waals surface area (Å²) in [5, 5.41) is 6.26. The van der Waals surface area contributed by atoms with Crippen molar-refractivity contribution in [2.45, 2.75) is 59.8 Å². The highest BCUT2D eigenvalue weighted by Gasteiger charge is 2.24. The zero-order valence-electron chi connectivity index (χ0n) is 22.2. The van der Waals surface area contributed by atoms with Crippen molar-refractivity contribution >= 4 is 12.2 Å². The van der Waals surface area contributed by atoms with E-state index >= 15 is 0 Å². The van der Waals surface area contributed by atoms with Crippen LogP contribution >= 0.6 is 0 Å². The molecule has 206 valence electrons. The second-order valence-corrected chi connectivity index (χ2v) is 8.49. The molecule has 1 amide bonds. The van der Waals surface area contributed by atoms with Gasteiger partial charge in [-0.2, -0.15) is 0 Å². The van der Waals surface area contributed by atoms with E-state index in [1.54, 1.807) is 4.90 Å². The molecule has 37 heavy (non-hydrogen) atoms. The Morgan fingerprint density at radius 3 is 2.46 bits per heavy atom. The van der Waals surface area contributed by atoms with Gasteiger partial charge in [0.15, 0.2) is 0 Å². The SMILES string of the molecule is CC.CCCNCc1nc2c(c(NCc3cccc(C(F)F)c3F)n1)CN(C=O)C2.CN1CCOCC1. The Kier molecular flexibility index (Phi) is 13.3. The van der Waals surface area contributed by atoms with Crippen molar-refractivity contribution in [3.63, 3.8) is 0 Å². The van der Waals surface area contributed by atoms with Crippen molar-refractivity contribution in [3.05, 3.63) is 52.2 Å². The van der Waals surface area contributed by atoms with Crippen molar-refractivity contribution < 1.29 is 22.7 Å². The highest BCUT2D eigenvalue weighted by atomic mass is 19.3. The topological polar surface area (TPSA) is 82.6 Å². The van der Waals surface area contributed by atoms with Crippen LogP contribution in [-0.2, 0) is 35.7 Å². The minimum atomic E-state index is -2.87. The average molecular weight is 525 g/mol. The third-order valence-electron chi connectivity index (χ3n) is 5.74. The van der Waals surface area contributed by atoms with Crippen molar-refractivity contribution in [2.75, 3.05) is 45.2 Å². The number of aromatic nitrogens is 2. The molecule has 0 bridgehead atoms. The first-order valence-corrected chi connectivity index (χ1v) is 12.8. The molecule has 0 spiro atoms. The Morgan fingerprint density at radius 1 is 1.14 bits per heavy atom. The van der Waals surface area contributed by atoms with Crippen molar-refractivity contribution in [3.8, 4) is 0 Å². The minimum Gasteiger partial charge on any atom is -0.379 e. The summed E-state index contributed by atoms with van der Waals surface area (Å²) in [7, 11) is 2.11. The molecule has 1 aromatic heterocycles. The second kappa shape index (κ2) is 16.2. The Hall–Kier alpha value is -2.76. The Bertz CT molecular complexity index is 974. The average Bonchev–Trinajstić information content (AvgIpc) is 3.33. The molecule has 2 N–H and O–H groups in total. The number of morpholine rings is 1. The molecule has 3 heterocycles. The molecule has 0 unspecified atom stereocenters. The van der Waals surface area contributed by atoms with Gasteiger partial charge >= 0.3 is 0 Å². The molecule has 0 atom stereocenters. The van der Waals surface area contributed by atoms with Gasteiger partial charge in [0.1, 0.15) is 17.5 Å². The molecule has 1 fully saturated rings. The number of hydrogen-bond donors (Lipinski definition) is 2. The van der Waals surface area contributed by atoms with Gasteiger partial charge in [-0.1, -0.05) is 39.0 Å². The largest absolute Gasteiger partial charge is 0.379 e. The molecule has 0 radical (unpaired) electrons. The lowest BCUT2D eigenvalue weighted by Gasteiger charge is -2.21. The van der Waals surface area contributed by atoms with Crippen molar-refractivity contribution in [1.82, 2.24) is 25.1 Å². The number of halogens is 3. The predicted molar refractivity (Wildman–Crippen MR) is 138 cm³/mol. The van der Waals surface area contributed by atoms with Gasteiger partial charge in [0.05, 0.1) is 44.1 Å². The molecule has 4 rings (SSSR count). The van der Waals surface area contributed by atoms with E-state index in [4.69, 9.17) is 4.74 Å². The molecule has 2 aromatic rings. The first-order chi connectivity index (χ1) is 17.9. The maximum atomic E-state index is 14.3. The lowest BCUT2D eigenvalue weighted by molar-refractivity contribution is -0.118. The summed E-state index contributed by atoms with van der Waals surface area (Å²) >= 11 is 0. The van der Waals surface area contributed by atoms with E-state index in [-0.39, 0.29) is 12.1 Å². The van der Waals surface area contributed by atoms with E-state index in [0.29, 0.717) is 31.3 Å². The lowest BCUT2D eigenvalue weighted by Crippen LogP contribution is -2.32. The van der Waals surface area contributed by atoms with E-state index in [1.807, 2.05) is 20.8 Å². The van der Waals surface area contributed by atoms with Crippen LogP contribution in [0.2, 0.25) is 0 Å². The third-order valence-corrected chi connectivity index (χ3v) is 5.74. The summed E-state index contributed by atoms with van der Waals surface area (Å²) in [6.45, 7) is 12.1. The third kappa shape index (κ3) is 9.24. The van der Waals surface area contributed by atoms with E-state index in [2.05, 4.69) is 32.5 Å². The Labute approximate surface area is 217 Å². The zero-order chi connectivity index (χ0) is 27.2. The first-order valence-electron chi connectivity index (χ1n) is 12.8. The van der Waals surface area contributed by atoms with E-state index in [0.717, 1.165) is 63.0 Å².